The quantitative estimate of drug-likeness (QED) is 0.488. The Morgan fingerprint density at radius 3 is 2.76 bits per heavy atom. The normalized spacial score (nSPS) is 21.4. The number of fused-ring (bicyclic) bond motifs is 1. The van der Waals surface area contributed by atoms with E-state index in [-0.39, 0.29) is 11.7 Å². The number of aliphatic imine (C=N–C) groups is 1. The summed E-state index contributed by atoms with van der Waals surface area (Å²) >= 11 is 12.9. The number of benzene rings is 1. The molecule has 2 fully saturated rings. The number of hydrogen-bond acceptors (Lipinski definition) is 8. The van der Waals surface area contributed by atoms with Crippen LogP contribution in [0.5, 0.6) is 0 Å². The standard InChI is InChI=1S/C24H32Cl2N6O2/c1-24(2,33)14-29-22(26)21(11-27)31-23-28-12-16-9-19(25)18(10-20(16)30-23)15-3-6-32(7-4-15)17-5-8-34-13-17/h9-12,15,17,33H,3-8,13-14,27H2,1-2H3,(H,28,30,31)/b21-11+,29-22?. The van der Waals surface area contributed by atoms with E-state index in [0.717, 1.165) is 67.1 Å². The molecule has 1 aromatic carbocycles. The van der Waals surface area contributed by atoms with Gasteiger partial charge in [0.2, 0.25) is 5.95 Å². The highest BCUT2D eigenvalue weighted by Gasteiger charge is 2.29. The van der Waals surface area contributed by atoms with Crippen LogP contribution in [0.1, 0.15) is 44.6 Å². The van der Waals surface area contributed by atoms with E-state index in [4.69, 9.17) is 33.7 Å². The molecule has 0 radical (unpaired) electrons. The van der Waals surface area contributed by atoms with E-state index in [2.05, 4.69) is 31.2 Å². The molecule has 8 nitrogen and oxygen atoms in total. The lowest BCUT2D eigenvalue weighted by Gasteiger charge is -2.35. The predicted octanol–water partition coefficient (Wildman–Crippen LogP) is 3.87. The number of nitrogens with zero attached hydrogens (tertiary/aromatic N) is 4. The van der Waals surface area contributed by atoms with E-state index >= 15 is 0 Å². The van der Waals surface area contributed by atoms with E-state index < -0.39 is 5.60 Å². The molecular formula is C24H32Cl2N6O2. The topological polar surface area (TPSA) is 109 Å². The largest absolute Gasteiger partial charge is 0.403 e. The van der Waals surface area contributed by atoms with Gasteiger partial charge in [0.15, 0.2) is 0 Å². The van der Waals surface area contributed by atoms with Crippen molar-refractivity contribution in [2.75, 3.05) is 38.2 Å². The fraction of sp³-hybridized carbons (Fsp3) is 0.542. The highest BCUT2D eigenvalue weighted by atomic mass is 35.5. The van der Waals surface area contributed by atoms with Crippen LogP contribution in [0.3, 0.4) is 0 Å². The molecule has 2 aliphatic rings. The zero-order chi connectivity index (χ0) is 24.3. The first-order chi connectivity index (χ1) is 16.2. The molecule has 0 spiro atoms. The molecule has 1 atom stereocenters. The first-order valence-corrected chi connectivity index (χ1v) is 12.4. The molecule has 4 N–H and O–H groups in total. The minimum absolute atomic E-state index is 0.137. The highest BCUT2D eigenvalue weighted by Crippen LogP contribution is 2.36. The molecule has 2 aliphatic heterocycles. The number of allylic oxidation sites excluding steroid dienone is 1. The van der Waals surface area contributed by atoms with Gasteiger partial charge in [-0.25, -0.2) is 9.97 Å². The Bertz CT molecular complexity index is 1070. The van der Waals surface area contributed by atoms with Crippen LogP contribution >= 0.6 is 23.2 Å². The molecule has 184 valence electrons. The zero-order valence-electron chi connectivity index (χ0n) is 19.6. The summed E-state index contributed by atoms with van der Waals surface area (Å²) in [6.45, 7) is 7.27. The molecule has 1 aromatic heterocycles. The summed E-state index contributed by atoms with van der Waals surface area (Å²) in [6, 6.07) is 4.56. The van der Waals surface area contributed by atoms with Gasteiger partial charge in [-0.2, -0.15) is 0 Å². The maximum absolute atomic E-state index is 9.87. The summed E-state index contributed by atoms with van der Waals surface area (Å²) in [5, 5.41) is 14.7. The van der Waals surface area contributed by atoms with Crippen molar-refractivity contribution >= 4 is 45.2 Å². The average molecular weight is 507 g/mol. The molecule has 0 aliphatic carbocycles. The summed E-state index contributed by atoms with van der Waals surface area (Å²) in [7, 11) is 0. The zero-order valence-corrected chi connectivity index (χ0v) is 21.1. The predicted molar refractivity (Wildman–Crippen MR) is 138 cm³/mol. The molecule has 4 rings (SSSR count). The molecule has 0 amide bonds. The van der Waals surface area contributed by atoms with Crippen molar-refractivity contribution in [1.29, 1.82) is 0 Å². The smallest absolute Gasteiger partial charge is 0.227 e. The van der Waals surface area contributed by atoms with Crippen LogP contribution < -0.4 is 11.1 Å². The van der Waals surface area contributed by atoms with Gasteiger partial charge >= 0.3 is 0 Å². The Labute approximate surface area is 210 Å². The van der Waals surface area contributed by atoms with Crippen LogP contribution in [0.15, 0.2) is 35.2 Å². The number of rotatable bonds is 7. The number of ether oxygens (including phenoxy) is 1. The third kappa shape index (κ3) is 6.17. The lowest BCUT2D eigenvalue weighted by atomic mass is 9.88. The number of nitrogens with one attached hydrogen (secondary N) is 1. The molecule has 3 heterocycles. The number of halogens is 2. The number of likely N-dealkylation sites (tertiary alicyclic amines) is 1. The number of aliphatic hydroxyl groups is 1. The number of piperidine rings is 1. The number of anilines is 1. The molecule has 2 saturated heterocycles. The van der Waals surface area contributed by atoms with Crippen molar-refractivity contribution in [3.05, 3.63) is 40.8 Å². The highest BCUT2D eigenvalue weighted by molar-refractivity contribution is 6.69. The van der Waals surface area contributed by atoms with Gasteiger partial charge in [-0.05, 0) is 69.8 Å². The maximum atomic E-state index is 9.87. The Balaban J connectivity index is 1.49. The first kappa shape index (κ1) is 25.1. The lowest BCUT2D eigenvalue weighted by Crippen LogP contribution is -2.41. The van der Waals surface area contributed by atoms with Crippen molar-refractivity contribution in [3.63, 3.8) is 0 Å². The Morgan fingerprint density at radius 2 is 2.12 bits per heavy atom. The summed E-state index contributed by atoms with van der Waals surface area (Å²) < 4.78 is 5.56. The second-order valence-corrected chi connectivity index (χ2v) is 10.3. The van der Waals surface area contributed by atoms with Crippen molar-refractivity contribution in [3.8, 4) is 0 Å². The third-order valence-corrected chi connectivity index (χ3v) is 6.98. The average Bonchev–Trinajstić information content (AvgIpc) is 3.35. The van der Waals surface area contributed by atoms with Gasteiger partial charge < -0.3 is 20.9 Å². The molecule has 0 saturated carbocycles. The SMILES string of the molecule is CC(C)(O)CN=C(Cl)/C(=C\N)Nc1ncc2cc(Cl)c(C3CCN(C4CCOC4)CC3)cc2n1. The Morgan fingerprint density at radius 1 is 1.35 bits per heavy atom. The van der Waals surface area contributed by atoms with E-state index in [1.807, 2.05) is 6.07 Å². The first-order valence-electron chi connectivity index (χ1n) is 11.6. The second-order valence-electron chi connectivity index (χ2n) is 9.58. The molecule has 34 heavy (non-hydrogen) atoms. The van der Waals surface area contributed by atoms with Gasteiger partial charge in [-0.3, -0.25) is 9.89 Å². The monoisotopic (exact) mass is 506 g/mol. The number of nitrogens with two attached hydrogens (primary N) is 1. The summed E-state index contributed by atoms with van der Waals surface area (Å²) in [5.74, 6) is 0.745. The van der Waals surface area contributed by atoms with E-state index in [1.54, 1.807) is 20.0 Å². The summed E-state index contributed by atoms with van der Waals surface area (Å²) in [5.41, 5.74) is 7.04. The second kappa shape index (κ2) is 10.7. The third-order valence-electron chi connectivity index (χ3n) is 6.33. The van der Waals surface area contributed by atoms with E-state index in [0.29, 0.717) is 23.6 Å². The number of hydrogen-bond donors (Lipinski definition) is 3. The fourth-order valence-electron chi connectivity index (χ4n) is 4.46. The minimum atomic E-state index is -0.976. The van der Waals surface area contributed by atoms with Crippen LogP contribution in [0.4, 0.5) is 5.95 Å². The van der Waals surface area contributed by atoms with Crippen molar-refractivity contribution in [2.45, 2.75) is 50.7 Å². The van der Waals surface area contributed by atoms with Gasteiger partial charge in [-0.15, -0.1) is 0 Å². The fourth-order valence-corrected chi connectivity index (χ4v) is 4.95. The van der Waals surface area contributed by atoms with Gasteiger partial charge in [0.1, 0.15) is 5.17 Å². The van der Waals surface area contributed by atoms with Crippen molar-refractivity contribution < 1.29 is 9.84 Å². The number of aromatic nitrogens is 2. The molecule has 2 aromatic rings. The van der Waals surface area contributed by atoms with Crippen LogP contribution in [0, 0.1) is 0 Å². The molecule has 0 bridgehead atoms. The van der Waals surface area contributed by atoms with Crippen LogP contribution in [0.2, 0.25) is 5.02 Å². The summed E-state index contributed by atoms with van der Waals surface area (Å²) in [4.78, 5) is 15.8. The van der Waals surface area contributed by atoms with Gasteiger partial charge in [0.05, 0.1) is 30.0 Å². The van der Waals surface area contributed by atoms with Crippen molar-refractivity contribution in [2.24, 2.45) is 10.7 Å². The van der Waals surface area contributed by atoms with E-state index in [9.17, 15) is 5.11 Å². The van der Waals surface area contributed by atoms with Crippen LogP contribution in [0.25, 0.3) is 10.9 Å². The van der Waals surface area contributed by atoms with Gasteiger partial charge in [0, 0.05) is 35.5 Å². The molecule has 1 unspecified atom stereocenters. The van der Waals surface area contributed by atoms with Crippen molar-refractivity contribution in [1.82, 2.24) is 14.9 Å². The minimum Gasteiger partial charge on any atom is -0.403 e. The Kier molecular flexibility index (Phi) is 7.94. The summed E-state index contributed by atoms with van der Waals surface area (Å²) in [6.07, 6.45) is 6.27. The van der Waals surface area contributed by atoms with Crippen LogP contribution in [-0.4, -0.2) is 69.6 Å². The van der Waals surface area contributed by atoms with Gasteiger partial charge in [0.25, 0.3) is 0 Å². The lowest BCUT2D eigenvalue weighted by molar-refractivity contribution is 0.0905. The maximum Gasteiger partial charge on any atom is 0.227 e. The van der Waals surface area contributed by atoms with Gasteiger partial charge in [-0.1, -0.05) is 23.2 Å². The van der Waals surface area contributed by atoms with Crippen LogP contribution in [-0.2, 0) is 4.74 Å². The Hall–Kier alpha value is -1.97. The van der Waals surface area contributed by atoms with E-state index in [1.165, 1.54) is 6.20 Å². The molecule has 10 heteroatoms. The molecular weight excluding hydrogens is 475 g/mol.